The number of amidine groups is 1. The van der Waals surface area contributed by atoms with Crippen LogP contribution < -0.4 is 14.4 Å². The summed E-state index contributed by atoms with van der Waals surface area (Å²) in [7, 11) is 0. The molecule has 0 N–H and O–H groups in total. The number of carbonyl (C=O) groups excluding carboxylic acids is 1. The van der Waals surface area contributed by atoms with Crippen LogP contribution in [-0.2, 0) is 4.79 Å². The van der Waals surface area contributed by atoms with Crippen molar-refractivity contribution in [2.45, 2.75) is 52.4 Å². The smallest absolute Gasteiger partial charge is 0.271 e. The summed E-state index contributed by atoms with van der Waals surface area (Å²) in [5, 5.41) is 2.15. The Labute approximate surface area is 261 Å². The molecule has 0 aliphatic carbocycles. The quantitative estimate of drug-likeness (QED) is 0.139. The maximum absolute atomic E-state index is 13.7. The van der Waals surface area contributed by atoms with Gasteiger partial charge in [0.25, 0.3) is 5.91 Å². The number of carbonyl (C=O) groups is 1. The second-order valence-electron chi connectivity index (χ2n) is 9.48. The molecule has 0 spiro atoms. The van der Waals surface area contributed by atoms with Gasteiger partial charge in [-0.3, -0.25) is 9.69 Å². The maximum Gasteiger partial charge on any atom is 0.271 e. The Morgan fingerprint density at radius 2 is 1.51 bits per heavy atom. The Morgan fingerprint density at radius 3 is 2.20 bits per heavy atom. The molecule has 1 aliphatic heterocycles. The Kier molecular flexibility index (Phi) is 11.9. The van der Waals surface area contributed by atoms with E-state index in [-0.39, 0.29) is 5.91 Å². The first-order valence-corrected chi connectivity index (χ1v) is 15.8. The van der Waals surface area contributed by atoms with Gasteiger partial charge < -0.3 is 9.47 Å². The fourth-order valence-corrected chi connectivity index (χ4v) is 5.80. The van der Waals surface area contributed by atoms with Gasteiger partial charge in [0.1, 0.15) is 0 Å². The molecule has 1 amide bonds. The van der Waals surface area contributed by atoms with Gasteiger partial charge in [0.05, 0.1) is 34.5 Å². The van der Waals surface area contributed by atoms with Gasteiger partial charge in [0.2, 0.25) is 0 Å². The number of ether oxygens (including phenoxy) is 2. The zero-order valence-electron chi connectivity index (χ0n) is 23.2. The Bertz CT molecular complexity index is 1390. The first-order chi connectivity index (χ1) is 19.9. The molecule has 41 heavy (non-hydrogen) atoms. The molecule has 0 bridgehead atoms. The summed E-state index contributed by atoms with van der Waals surface area (Å²) >= 11 is 20.1. The van der Waals surface area contributed by atoms with Crippen molar-refractivity contribution < 1.29 is 14.3 Å². The lowest BCUT2D eigenvalue weighted by Crippen LogP contribution is -2.28. The average molecular weight is 632 g/mol. The van der Waals surface area contributed by atoms with Crippen molar-refractivity contribution in [2.75, 3.05) is 18.1 Å². The highest BCUT2D eigenvalue weighted by atomic mass is 35.5. The molecule has 4 rings (SSSR count). The van der Waals surface area contributed by atoms with E-state index in [4.69, 9.17) is 49.3 Å². The van der Waals surface area contributed by atoms with Crippen LogP contribution in [-0.4, -0.2) is 24.3 Å². The van der Waals surface area contributed by atoms with E-state index in [0.717, 1.165) is 18.4 Å². The summed E-state index contributed by atoms with van der Waals surface area (Å²) in [6, 6.07) is 17.9. The molecule has 3 aromatic rings. The topological polar surface area (TPSA) is 51.1 Å². The minimum absolute atomic E-state index is 0.206. The molecular weight excluding hydrogens is 599 g/mol. The number of amides is 1. The zero-order valence-corrected chi connectivity index (χ0v) is 26.3. The third-order valence-corrected chi connectivity index (χ3v) is 8.07. The van der Waals surface area contributed by atoms with E-state index < -0.39 is 0 Å². The van der Waals surface area contributed by atoms with Crippen molar-refractivity contribution in [1.29, 1.82) is 0 Å². The SMILES string of the molecule is CCCCCCCCOc1c(Cl)cc(/C=C2/SC(=Nc3ccc(Cl)cc3)N(c3ccc(Cl)cc3)C2=O)cc1OCC. The van der Waals surface area contributed by atoms with Gasteiger partial charge in [0.15, 0.2) is 16.7 Å². The largest absolute Gasteiger partial charge is 0.490 e. The Morgan fingerprint density at radius 1 is 0.854 bits per heavy atom. The minimum atomic E-state index is -0.206. The van der Waals surface area contributed by atoms with E-state index in [1.54, 1.807) is 65.6 Å². The van der Waals surface area contributed by atoms with Crippen LogP contribution in [0.5, 0.6) is 11.5 Å². The highest BCUT2D eigenvalue weighted by molar-refractivity contribution is 8.19. The van der Waals surface area contributed by atoms with Crippen molar-refractivity contribution in [1.82, 2.24) is 0 Å². The van der Waals surface area contributed by atoms with E-state index in [1.807, 2.05) is 13.0 Å². The van der Waals surface area contributed by atoms with Gasteiger partial charge in [-0.15, -0.1) is 0 Å². The predicted octanol–water partition coefficient (Wildman–Crippen LogP) is 10.6. The van der Waals surface area contributed by atoms with Crippen LogP contribution in [0.1, 0.15) is 57.9 Å². The molecule has 0 aromatic heterocycles. The summed E-state index contributed by atoms with van der Waals surface area (Å²) in [6.45, 7) is 5.15. The number of nitrogens with zero attached hydrogens (tertiary/aromatic N) is 2. The van der Waals surface area contributed by atoms with E-state index in [2.05, 4.69) is 6.92 Å². The number of hydrogen-bond donors (Lipinski definition) is 0. The van der Waals surface area contributed by atoms with Gasteiger partial charge in [-0.05, 0) is 97.4 Å². The lowest BCUT2D eigenvalue weighted by atomic mass is 10.1. The molecule has 1 heterocycles. The summed E-state index contributed by atoms with van der Waals surface area (Å²) in [6.07, 6.45) is 8.83. The second kappa shape index (κ2) is 15.5. The van der Waals surface area contributed by atoms with Crippen LogP contribution in [0.2, 0.25) is 15.1 Å². The van der Waals surface area contributed by atoms with E-state index in [0.29, 0.717) is 61.2 Å². The molecule has 0 unspecified atom stereocenters. The lowest BCUT2D eigenvalue weighted by molar-refractivity contribution is -0.113. The average Bonchev–Trinajstić information content (AvgIpc) is 3.25. The highest BCUT2D eigenvalue weighted by Crippen LogP contribution is 2.41. The van der Waals surface area contributed by atoms with Crippen LogP contribution in [0.4, 0.5) is 11.4 Å². The highest BCUT2D eigenvalue weighted by Gasteiger charge is 2.35. The van der Waals surface area contributed by atoms with Crippen molar-refractivity contribution >= 4 is 75.1 Å². The normalized spacial score (nSPS) is 15.2. The minimum Gasteiger partial charge on any atom is -0.490 e. The number of aliphatic imine (C=N–C) groups is 1. The van der Waals surface area contributed by atoms with Crippen molar-refractivity contribution in [3.63, 3.8) is 0 Å². The first-order valence-electron chi connectivity index (χ1n) is 13.8. The maximum atomic E-state index is 13.7. The van der Waals surface area contributed by atoms with Crippen molar-refractivity contribution in [2.24, 2.45) is 4.99 Å². The van der Waals surface area contributed by atoms with Crippen molar-refractivity contribution in [3.8, 4) is 11.5 Å². The molecule has 1 saturated heterocycles. The monoisotopic (exact) mass is 630 g/mol. The number of unbranched alkanes of at least 4 members (excludes halogenated alkanes) is 5. The fraction of sp³-hybridized carbons (Fsp3) is 0.312. The molecule has 1 fully saturated rings. The molecular formula is C32H33Cl3N2O3S. The predicted molar refractivity (Wildman–Crippen MR) is 175 cm³/mol. The molecule has 5 nitrogen and oxygen atoms in total. The summed E-state index contributed by atoms with van der Waals surface area (Å²) < 4.78 is 11.9. The van der Waals surface area contributed by atoms with E-state index in [9.17, 15) is 4.79 Å². The summed E-state index contributed by atoms with van der Waals surface area (Å²) in [4.78, 5) is 20.5. The molecule has 0 atom stereocenters. The van der Waals surface area contributed by atoms with Crippen LogP contribution in [0.25, 0.3) is 6.08 Å². The molecule has 216 valence electrons. The van der Waals surface area contributed by atoms with Gasteiger partial charge in [-0.2, -0.15) is 0 Å². The fourth-order valence-electron chi connectivity index (χ4n) is 4.27. The Balaban J connectivity index is 1.60. The molecule has 0 radical (unpaired) electrons. The number of rotatable bonds is 13. The number of thioether (sulfide) groups is 1. The number of hydrogen-bond acceptors (Lipinski definition) is 5. The molecule has 3 aromatic carbocycles. The molecule has 9 heteroatoms. The van der Waals surface area contributed by atoms with Crippen molar-refractivity contribution in [3.05, 3.63) is 86.2 Å². The van der Waals surface area contributed by atoms with Crippen LogP contribution in [0.3, 0.4) is 0 Å². The standard InChI is InChI=1S/C32H33Cl3N2O3S/c1-3-5-6-7-8-9-18-40-30-27(35)19-22(20-28(30)39-4-2)21-29-31(38)37(26-16-12-24(34)13-17-26)32(41-29)36-25-14-10-23(33)11-15-25/h10-17,19-21H,3-9,18H2,1-2H3/b29-21+,36-32?. The van der Waals surface area contributed by atoms with Gasteiger partial charge in [-0.1, -0.05) is 73.8 Å². The Hall–Kier alpha value is -2.64. The second-order valence-corrected chi connectivity index (χ2v) is 11.8. The molecule has 1 aliphatic rings. The van der Waals surface area contributed by atoms with Crippen LogP contribution in [0.15, 0.2) is 70.6 Å². The third-order valence-electron chi connectivity index (χ3n) is 6.32. The first kappa shape index (κ1) is 31.3. The van der Waals surface area contributed by atoms with Gasteiger partial charge >= 0.3 is 0 Å². The number of benzene rings is 3. The van der Waals surface area contributed by atoms with E-state index in [1.165, 1.54) is 37.4 Å². The number of halogens is 3. The van der Waals surface area contributed by atoms with E-state index >= 15 is 0 Å². The summed E-state index contributed by atoms with van der Waals surface area (Å²) in [5.74, 6) is 0.878. The van der Waals surface area contributed by atoms with Crippen LogP contribution in [0, 0.1) is 0 Å². The van der Waals surface area contributed by atoms with Gasteiger partial charge in [0, 0.05) is 10.0 Å². The van der Waals surface area contributed by atoms with Crippen LogP contribution >= 0.6 is 46.6 Å². The zero-order chi connectivity index (χ0) is 29.2. The lowest BCUT2D eigenvalue weighted by Gasteiger charge is -2.16. The van der Waals surface area contributed by atoms with Gasteiger partial charge in [-0.25, -0.2) is 4.99 Å². The summed E-state index contributed by atoms with van der Waals surface area (Å²) in [5.41, 5.74) is 2.07. The number of anilines is 1. The molecule has 0 saturated carbocycles. The third kappa shape index (κ3) is 8.68.